The van der Waals surface area contributed by atoms with Gasteiger partial charge in [-0.05, 0) is 24.6 Å². The van der Waals surface area contributed by atoms with Gasteiger partial charge in [0.25, 0.3) is 0 Å². The number of amides is 1. The Bertz CT molecular complexity index is 487. The second kappa shape index (κ2) is 4.41. The van der Waals surface area contributed by atoms with Crippen LogP contribution in [0.2, 0.25) is 0 Å². The zero-order chi connectivity index (χ0) is 12.6. The number of carbonyl (C=O) groups is 2. The van der Waals surface area contributed by atoms with Crippen molar-refractivity contribution in [1.82, 2.24) is 0 Å². The summed E-state index contributed by atoms with van der Waals surface area (Å²) >= 11 is 1.48. The van der Waals surface area contributed by atoms with Gasteiger partial charge in [0.15, 0.2) is 0 Å². The van der Waals surface area contributed by atoms with Crippen LogP contribution < -0.4 is 4.90 Å². The molecule has 0 aliphatic carbocycles. The van der Waals surface area contributed by atoms with Gasteiger partial charge >= 0.3 is 5.97 Å². The normalized spacial score (nSPS) is 19.1. The van der Waals surface area contributed by atoms with E-state index in [1.54, 1.807) is 18.0 Å². The minimum absolute atomic E-state index is 0.0138. The molecule has 5 heteroatoms. The Morgan fingerprint density at radius 2 is 2.24 bits per heavy atom. The molecule has 0 fully saturated rings. The number of carboxylic acid groups (broad SMARTS) is 1. The fourth-order valence-corrected chi connectivity index (χ4v) is 3.03. The average molecular weight is 251 g/mol. The molecule has 1 amide bonds. The van der Waals surface area contributed by atoms with Gasteiger partial charge in [-0.1, -0.05) is 6.07 Å². The number of carboxylic acids is 1. The third-order valence-corrected chi connectivity index (χ3v) is 3.86. The first-order valence-corrected chi connectivity index (χ1v) is 6.16. The Morgan fingerprint density at radius 3 is 2.88 bits per heavy atom. The topological polar surface area (TPSA) is 57.6 Å². The van der Waals surface area contributed by atoms with Crippen LogP contribution in [0.4, 0.5) is 5.69 Å². The molecule has 1 heterocycles. The summed E-state index contributed by atoms with van der Waals surface area (Å²) in [5.41, 5.74) is 1.62. The molecule has 0 spiro atoms. The van der Waals surface area contributed by atoms with E-state index in [-0.39, 0.29) is 17.6 Å². The zero-order valence-electron chi connectivity index (χ0n) is 9.64. The SMILES string of the molecule is CC1Sc2cc(CC(=O)O)ccc2N(C)C1=O. The maximum absolute atomic E-state index is 11.8. The molecule has 90 valence electrons. The van der Waals surface area contributed by atoms with E-state index < -0.39 is 5.97 Å². The lowest BCUT2D eigenvalue weighted by Gasteiger charge is -2.29. The van der Waals surface area contributed by atoms with Crippen LogP contribution >= 0.6 is 11.8 Å². The predicted octanol–water partition coefficient (Wildman–Crippen LogP) is 1.77. The molecular formula is C12H13NO3S. The third kappa shape index (κ3) is 2.29. The number of rotatable bonds is 2. The van der Waals surface area contributed by atoms with Crippen LogP contribution in [0.15, 0.2) is 23.1 Å². The summed E-state index contributed by atoms with van der Waals surface area (Å²) in [4.78, 5) is 25.0. The van der Waals surface area contributed by atoms with Crippen molar-refractivity contribution in [3.8, 4) is 0 Å². The van der Waals surface area contributed by atoms with E-state index in [0.29, 0.717) is 0 Å². The summed E-state index contributed by atoms with van der Waals surface area (Å²) < 4.78 is 0. The van der Waals surface area contributed by atoms with Crippen LogP contribution in [0.1, 0.15) is 12.5 Å². The summed E-state index contributed by atoms with van der Waals surface area (Å²) in [5.74, 6) is -0.767. The summed E-state index contributed by atoms with van der Waals surface area (Å²) in [7, 11) is 1.74. The van der Waals surface area contributed by atoms with Crippen molar-refractivity contribution in [1.29, 1.82) is 0 Å². The Labute approximate surface area is 104 Å². The maximum atomic E-state index is 11.8. The fourth-order valence-electron chi connectivity index (χ4n) is 1.85. The third-order valence-electron chi connectivity index (χ3n) is 2.72. The monoisotopic (exact) mass is 251 g/mol. The van der Waals surface area contributed by atoms with E-state index in [1.807, 2.05) is 19.1 Å². The van der Waals surface area contributed by atoms with Crippen molar-refractivity contribution in [3.63, 3.8) is 0 Å². The van der Waals surface area contributed by atoms with Crippen LogP contribution in [0.25, 0.3) is 0 Å². The Morgan fingerprint density at radius 1 is 1.53 bits per heavy atom. The van der Waals surface area contributed by atoms with E-state index >= 15 is 0 Å². The van der Waals surface area contributed by atoms with Crippen LogP contribution in [0.5, 0.6) is 0 Å². The molecule has 1 aliphatic heterocycles. The smallest absolute Gasteiger partial charge is 0.307 e. The van der Waals surface area contributed by atoms with Gasteiger partial charge in [-0.15, -0.1) is 11.8 Å². The van der Waals surface area contributed by atoms with Crippen molar-refractivity contribution in [3.05, 3.63) is 23.8 Å². The molecule has 0 saturated heterocycles. The lowest BCUT2D eigenvalue weighted by atomic mass is 10.1. The summed E-state index contributed by atoms with van der Waals surface area (Å²) in [5, 5.41) is 8.63. The largest absolute Gasteiger partial charge is 0.481 e. The molecule has 2 rings (SSSR count). The summed E-state index contributed by atoms with van der Waals surface area (Å²) in [6.07, 6.45) is 0.0138. The maximum Gasteiger partial charge on any atom is 0.307 e. The molecule has 1 aromatic rings. The molecule has 1 aliphatic rings. The highest BCUT2D eigenvalue weighted by Crippen LogP contribution is 2.38. The Hall–Kier alpha value is -1.49. The van der Waals surface area contributed by atoms with E-state index in [0.717, 1.165) is 16.1 Å². The number of carbonyl (C=O) groups excluding carboxylic acids is 1. The van der Waals surface area contributed by atoms with Crippen molar-refractivity contribution in [2.45, 2.75) is 23.5 Å². The molecule has 0 saturated carbocycles. The van der Waals surface area contributed by atoms with Crippen molar-refractivity contribution in [2.75, 3.05) is 11.9 Å². The Kier molecular flexibility index (Phi) is 3.11. The number of fused-ring (bicyclic) bond motifs is 1. The highest BCUT2D eigenvalue weighted by molar-refractivity contribution is 8.00. The van der Waals surface area contributed by atoms with Crippen LogP contribution in [0, 0.1) is 0 Å². The van der Waals surface area contributed by atoms with Gasteiger partial charge in [0.1, 0.15) is 0 Å². The lowest BCUT2D eigenvalue weighted by molar-refractivity contribution is -0.136. The minimum atomic E-state index is -0.844. The molecule has 1 aromatic carbocycles. The minimum Gasteiger partial charge on any atom is -0.481 e. The van der Waals surface area contributed by atoms with Gasteiger partial charge in [0, 0.05) is 11.9 Å². The molecule has 1 unspecified atom stereocenters. The van der Waals surface area contributed by atoms with Crippen molar-refractivity contribution < 1.29 is 14.7 Å². The zero-order valence-corrected chi connectivity index (χ0v) is 10.5. The molecule has 0 bridgehead atoms. The average Bonchev–Trinajstić information content (AvgIpc) is 2.25. The number of aliphatic carboxylic acids is 1. The van der Waals surface area contributed by atoms with Crippen LogP contribution in [-0.2, 0) is 16.0 Å². The molecular weight excluding hydrogens is 238 g/mol. The second-order valence-electron chi connectivity index (χ2n) is 4.03. The second-order valence-corrected chi connectivity index (χ2v) is 5.41. The Balaban J connectivity index is 2.36. The molecule has 1 N–H and O–H groups in total. The first-order chi connectivity index (χ1) is 7.99. The highest BCUT2D eigenvalue weighted by atomic mass is 32.2. The quantitative estimate of drug-likeness (QED) is 0.870. The van der Waals surface area contributed by atoms with Crippen LogP contribution in [-0.4, -0.2) is 29.3 Å². The summed E-state index contributed by atoms with van der Waals surface area (Å²) in [6, 6.07) is 5.42. The molecule has 1 atom stereocenters. The van der Waals surface area contributed by atoms with Gasteiger partial charge in [-0.25, -0.2) is 0 Å². The van der Waals surface area contributed by atoms with Gasteiger partial charge in [0.2, 0.25) is 5.91 Å². The first-order valence-electron chi connectivity index (χ1n) is 5.28. The molecule has 0 aromatic heterocycles. The van der Waals surface area contributed by atoms with E-state index in [4.69, 9.17) is 5.11 Å². The molecule has 17 heavy (non-hydrogen) atoms. The number of thioether (sulfide) groups is 1. The number of benzene rings is 1. The number of hydrogen-bond donors (Lipinski definition) is 1. The van der Waals surface area contributed by atoms with E-state index in [2.05, 4.69) is 0 Å². The van der Waals surface area contributed by atoms with Gasteiger partial charge in [-0.3, -0.25) is 9.59 Å². The number of hydrogen-bond acceptors (Lipinski definition) is 3. The van der Waals surface area contributed by atoms with Crippen molar-refractivity contribution in [2.24, 2.45) is 0 Å². The summed E-state index contributed by atoms with van der Waals surface area (Å²) in [6.45, 7) is 1.86. The van der Waals surface area contributed by atoms with Gasteiger partial charge < -0.3 is 10.0 Å². The molecule has 0 radical (unpaired) electrons. The van der Waals surface area contributed by atoms with E-state index in [1.165, 1.54) is 11.8 Å². The van der Waals surface area contributed by atoms with Crippen molar-refractivity contribution >= 4 is 29.3 Å². The van der Waals surface area contributed by atoms with E-state index in [9.17, 15) is 9.59 Å². The number of anilines is 1. The van der Waals surface area contributed by atoms with Crippen LogP contribution in [0.3, 0.4) is 0 Å². The fraction of sp³-hybridized carbons (Fsp3) is 0.333. The number of nitrogens with zero attached hydrogens (tertiary/aromatic N) is 1. The van der Waals surface area contributed by atoms with Gasteiger partial charge in [-0.2, -0.15) is 0 Å². The lowest BCUT2D eigenvalue weighted by Crippen LogP contribution is -2.36. The molecule has 4 nitrogen and oxygen atoms in total. The van der Waals surface area contributed by atoms with Gasteiger partial charge in [0.05, 0.1) is 17.4 Å². The first kappa shape index (κ1) is 12.0. The highest BCUT2D eigenvalue weighted by Gasteiger charge is 2.28. The standard InChI is InChI=1S/C12H13NO3S/c1-7-12(16)13(2)9-4-3-8(6-11(14)15)5-10(9)17-7/h3-5,7H,6H2,1-2H3,(H,14,15). The predicted molar refractivity (Wildman–Crippen MR) is 66.5 cm³/mol.